The van der Waals surface area contributed by atoms with E-state index in [1.54, 1.807) is 0 Å². The van der Waals surface area contributed by atoms with Crippen molar-refractivity contribution >= 4 is 40.5 Å². The first-order valence-electron chi connectivity index (χ1n) is 2.75. The number of halogens is 3. The SMILES string of the molecule is O=Cc1c(F)cc(I)cc1Cl. The first-order valence-corrected chi connectivity index (χ1v) is 4.20. The highest BCUT2D eigenvalue weighted by Gasteiger charge is 2.06. The molecule has 0 atom stereocenters. The van der Waals surface area contributed by atoms with Gasteiger partial charge in [0.25, 0.3) is 0 Å². The number of aldehydes is 1. The third-order valence-corrected chi connectivity index (χ3v) is 2.10. The average molecular weight is 284 g/mol. The van der Waals surface area contributed by atoms with Crippen LogP contribution in [-0.4, -0.2) is 6.29 Å². The standard InChI is InChI=1S/C7H3ClFIO/c8-6-1-4(10)2-7(9)5(6)3-11/h1-3H. The minimum atomic E-state index is -0.572. The van der Waals surface area contributed by atoms with E-state index < -0.39 is 5.82 Å². The summed E-state index contributed by atoms with van der Waals surface area (Å²) in [7, 11) is 0. The van der Waals surface area contributed by atoms with Gasteiger partial charge in [-0.3, -0.25) is 4.79 Å². The zero-order valence-corrected chi connectivity index (χ0v) is 8.19. The van der Waals surface area contributed by atoms with Crippen molar-refractivity contribution in [1.82, 2.24) is 0 Å². The fourth-order valence-electron chi connectivity index (χ4n) is 0.666. The van der Waals surface area contributed by atoms with Crippen LogP contribution >= 0.6 is 34.2 Å². The van der Waals surface area contributed by atoms with Gasteiger partial charge in [0.1, 0.15) is 5.82 Å². The van der Waals surface area contributed by atoms with Gasteiger partial charge < -0.3 is 0 Å². The van der Waals surface area contributed by atoms with E-state index in [1.807, 2.05) is 22.6 Å². The van der Waals surface area contributed by atoms with Gasteiger partial charge >= 0.3 is 0 Å². The van der Waals surface area contributed by atoms with E-state index in [-0.39, 0.29) is 10.6 Å². The van der Waals surface area contributed by atoms with Crippen LogP contribution in [0.15, 0.2) is 12.1 Å². The highest BCUT2D eigenvalue weighted by Crippen LogP contribution is 2.20. The highest BCUT2D eigenvalue weighted by molar-refractivity contribution is 14.1. The van der Waals surface area contributed by atoms with Crippen molar-refractivity contribution < 1.29 is 9.18 Å². The first-order chi connectivity index (χ1) is 5.15. The topological polar surface area (TPSA) is 17.1 Å². The number of carbonyl (C=O) groups is 1. The Labute approximate surface area is 81.7 Å². The van der Waals surface area contributed by atoms with Gasteiger partial charge in [-0.25, -0.2) is 4.39 Å². The van der Waals surface area contributed by atoms with Crippen LogP contribution in [0, 0.1) is 9.39 Å². The summed E-state index contributed by atoms with van der Waals surface area (Å²) in [5.74, 6) is -0.572. The second kappa shape index (κ2) is 3.49. The quantitative estimate of drug-likeness (QED) is 0.572. The lowest BCUT2D eigenvalue weighted by atomic mass is 10.2. The maximum absolute atomic E-state index is 12.8. The Bertz CT molecular complexity index is 277. The van der Waals surface area contributed by atoms with E-state index in [4.69, 9.17) is 11.6 Å². The molecule has 58 valence electrons. The molecule has 11 heavy (non-hydrogen) atoms. The summed E-state index contributed by atoms with van der Waals surface area (Å²) in [6, 6.07) is 2.80. The van der Waals surface area contributed by atoms with Crippen molar-refractivity contribution in [3.63, 3.8) is 0 Å². The van der Waals surface area contributed by atoms with Gasteiger partial charge in [-0.2, -0.15) is 0 Å². The Morgan fingerprint density at radius 2 is 2.18 bits per heavy atom. The molecule has 0 N–H and O–H groups in total. The highest BCUT2D eigenvalue weighted by atomic mass is 127. The molecular formula is C7H3ClFIO. The normalized spacial score (nSPS) is 9.73. The molecule has 0 fully saturated rings. The predicted molar refractivity (Wildman–Crippen MR) is 49.5 cm³/mol. The summed E-state index contributed by atoms with van der Waals surface area (Å²) in [5.41, 5.74) is -0.0768. The Morgan fingerprint density at radius 3 is 2.64 bits per heavy atom. The summed E-state index contributed by atoms with van der Waals surface area (Å²) < 4.78 is 13.5. The number of benzene rings is 1. The lowest BCUT2D eigenvalue weighted by Crippen LogP contribution is -1.89. The molecule has 0 heterocycles. The third-order valence-electron chi connectivity index (χ3n) is 1.16. The van der Waals surface area contributed by atoms with E-state index in [2.05, 4.69) is 0 Å². The lowest BCUT2D eigenvalue weighted by molar-refractivity contribution is 0.112. The second-order valence-corrected chi connectivity index (χ2v) is 3.55. The van der Waals surface area contributed by atoms with Crippen LogP contribution in [-0.2, 0) is 0 Å². The minimum absolute atomic E-state index is 0.0768. The van der Waals surface area contributed by atoms with Crippen molar-refractivity contribution in [2.24, 2.45) is 0 Å². The maximum atomic E-state index is 12.8. The summed E-state index contributed by atoms with van der Waals surface area (Å²) in [6.07, 6.45) is 0.410. The first kappa shape index (κ1) is 8.93. The molecule has 0 aromatic heterocycles. The lowest BCUT2D eigenvalue weighted by Gasteiger charge is -1.97. The van der Waals surface area contributed by atoms with E-state index in [0.29, 0.717) is 9.86 Å². The van der Waals surface area contributed by atoms with E-state index in [0.717, 1.165) is 0 Å². The second-order valence-electron chi connectivity index (χ2n) is 1.90. The number of hydrogen-bond acceptors (Lipinski definition) is 1. The fraction of sp³-hybridized carbons (Fsp3) is 0. The van der Waals surface area contributed by atoms with Gasteiger partial charge in [0.05, 0.1) is 10.6 Å². The van der Waals surface area contributed by atoms with Crippen LogP contribution in [0.25, 0.3) is 0 Å². The molecule has 0 aliphatic carbocycles. The molecule has 0 spiro atoms. The Kier molecular flexibility index (Phi) is 2.84. The van der Waals surface area contributed by atoms with E-state index in [9.17, 15) is 9.18 Å². The molecule has 1 rings (SSSR count). The molecule has 1 aromatic rings. The Hall–Kier alpha value is -0.160. The van der Waals surface area contributed by atoms with Crippen LogP contribution in [0.3, 0.4) is 0 Å². The van der Waals surface area contributed by atoms with Crippen LogP contribution in [0.5, 0.6) is 0 Å². The summed E-state index contributed by atoms with van der Waals surface area (Å²) >= 11 is 7.48. The minimum Gasteiger partial charge on any atom is -0.298 e. The smallest absolute Gasteiger partial charge is 0.154 e. The van der Waals surface area contributed by atoms with E-state index in [1.165, 1.54) is 12.1 Å². The molecule has 0 radical (unpaired) electrons. The zero-order chi connectivity index (χ0) is 8.43. The third kappa shape index (κ3) is 1.90. The number of hydrogen-bond donors (Lipinski definition) is 0. The summed E-state index contributed by atoms with van der Waals surface area (Å²) in [5, 5.41) is 0.157. The molecule has 0 saturated heterocycles. The van der Waals surface area contributed by atoms with Gasteiger partial charge in [0.15, 0.2) is 6.29 Å². The predicted octanol–water partition coefficient (Wildman–Crippen LogP) is 2.90. The van der Waals surface area contributed by atoms with Crippen molar-refractivity contribution in [3.8, 4) is 0 Å². The van der Waals surface area contributed by atoms with Gasteiger partial charge in [-0.15, -0.1) is 0 Å². The monoisotopic (exact) mass is 284 g/mol. The fourth-order valence-corrected chi connectivity index (χ4v) is 1.69. The van der Waals surface area contributed by atoms with Gasteiger partial charge in [-0.05, 0) is 34.7 Å². The van der Waals surface area contributed by atoms with Gasteiger partial charge in [0.2, 0.25) is 0 Å². The number of rotatable bonds is 1. The van der Waals surface area contributed by atoms with Crippen LogP contribution in [0.1, 0.15) is 10.4 Å². The van der Waals surface area contributed by atoms with Crippen molar-refractivity contribution in [3.05, 3.63) is 32.1 Å². The molecule has 0 amide bonds. The largest absolute Gasteiger partial charge is 0.298 e. The molecule has 4 heteroatoms. The summed E-state index contributed by atoms with van der Waals surface area (Å²) in [4.78, 5) is 10.2. The molecular weight excluding hydrogens is 281 g/mol. The van der Waals surface area contributed by atoms with Crippen molar-refractivity contribution in [2.45, 2.75) is 0 Å². The molecule has 0 bridgehead atoms. The van der Waals surface area contributed by atoms with Crippen LogP contribution in [0.4, 0.5) is 4.39 Å². The molecule has 0 unspecified atom stereocenters. The van der Waals surface area contributed by atoms with Crippen molar-refractivity contribution in [2.75, 3.05) is 0 Å². The molecule has 1 nitrogen and oxygen atoms in total. The van der Waals surface area contributed by atoms with Crippen molar-refractivity contribution in [1.29, 1.82) is 0 Å². The van der Waals surface area contributed by atoms with Gasteiger partial charge in [0, 0.05) is 3.57 Å². The molecule has 0 aliphatic heterocycles. The van der Waals surface area contributed by atoms with Crippen LogP contribution in [0.2, 0.25) is 5.02 Å². The molecule has 0 saturated carbocycles. The summed E-state index contributed by atoms with van der Waals surface area (Å²) in [6.45, 7) is 0. The van der Waals surface area contributed by atoms with Crippen LogP contribution < -0.4 is 0 Å². The molecule has 1 aromatic carbocycles. The Balaban J connectivity index is 3.36. The zero-order valence-electron chi connectivity index (χ0n) is 5.27. The maximum Gasteiger partial charge on any atom is 0.154 e. The Morgan fingerprint density at radius 1 is 1.55 bits per heavy atom. The molecule has 0 aliphatic rings. The number of carbonyl (C=O) groups excluding carboxylic acids is 1. The average Bonchev–Trinajstić information content (AvgIpc) is 1.85. The van der Waals surface area contributed by atoms with E-state index >= 15 is 0 Å². The van der Waals surface area contributed by atoms with Gasteiger partial charge in [-0.1, -0.05) is 11.6 Å².